The summed E-state index contributed by atoms with van der Waals surface area (Å²) in [5, 5.41) is 3.61. The minimum Gasteiger partial charge on any atom is -0.448 e. The molecule has 0 amide bonds. The zero-order valence-electron chi connectivity index (χ0n) is 8.63. The van der Waals surface area contributed by atoms with Crippen LogP contribution in [0.3, 0.4) is 0 Å². The summed E-state index contributed by atoms with van der Waals surface area (Å²) >= 11 is 9.03. The first kappa shape index (κ1) is 11.5. The van der Waals surface area contributed by atoms with E-state index in [0.717, 1.165) is 21.6 Å². The number of anilines is 1. The molecule has 0 aromatic carbocycles. The number of aromatic nitrogens is 1. The lowest BCUT2D eigenvalue weighted by molar-refractivity contribution is 0.520. The molecule has 84 valence electrons. The summed E-state index contributed by atoms with van der Waals surface area (Å²) in [6.07, 6.45) is 1.77. The molecule has 3 nitrogen and oxygen atoms in total. The van der Waals surface area contributed by atoms with Gasteiger partial charge in [0.15, 0.2) is 5.22 Å². The van der Waals surface area contributed by atoms with Crippen molar-refractivity contribution in [3.8, 4) is 0 Å². The van der Waals surface area contributed by atoms with E-state index in [9.17, 15) is 0 Å². The first-order valence-corrected chi connectivity index (χ1v) is 5.92. The summed E-state index contributed by atoms with van der Waals surface area (Å²) < 4.78 is 6.09. The Hall–Kier alpha value is -1.00. The predicted octanol–water partition coefficient (Wildman–Crippen LogP) is 4.01. The van der Waals surface area contributed by atoms with E-state index in [4.69, 9.17) is 16.0 Å². The standard InChI is InChI=1S/C11H10BrClN2O/c1-7-4-8(5-15-11(7)12)14-6-9-2-3-10(13)16-9/h2-5,14H,6H2,1H3. The molecule has 0 fully saturated rings. The Morgan fingerprint density at radius 2 is 2.31 bits per heavy atom. The van der Waals surface area contributed by atoms with Crippen LogP contribution in [0.1, 0.15) is 11.3 Å². The number of pyridine rings is 1. The van der Waals surface area contributed by atoms with Crippen LogP contribution in [-0.4, -0.2) is 4.98 Å². The van der Waals surface area contributed by atoms with Gasteiger partial charge in [-0.1, -0.05) is 0 Å². The highest BCUT2D eigenvalue weighted by molar-refractivity contribution is 9.10. The fraction of sp³-hybridized carbons (Fsp3) is 0.182. The fourth-order valence-electron chi connectivity index (χ4n) is 1.29. The van der Waals surface area contributed by atoms with Crippen LogP contribution in [-0.2, 0) is 6.54 Å². The molecular weight excluding hydrogens is 291 g/mol. The number of halogens is 2. The summed E-state index contributed by atoms with van der Waals surface area (Å²) in [6, 6.07) is 5.58. The topological polar surface area (TPSA) is 38.1 Å². The van der Waals surface area contributed by atoms with Crippen LogP contribution in [0, 0.1) is 6.92 Å². The molecule has 0 saturated heterocycles. The average Bonchev–Trinajstić information content (AvgIpc) is 2.66. The van der Waals surface area contributed by atoms with Crippen LogP contribution < -0.4 is 5.32 Å². The molecule has 2 aromatic heterocycles. The van der Waals surface area contributed by atoms with Crippen LogP contribution in [0.5, 0.6) is 0 Å². The monoisotopic (exact) mass is 300 g/mol. The normalized spacial score (nSPS) is 10.4. The first-order chi connectivity index (χ1) is 7.65. The molecule has 0 aliphatic carbocycles. The van der Waals surface area contributed by atoms with Gasteiger partial charge in [-0.15, -0.1) is 0 Å². The van der Waals surface area contributed by atoms with Gasteiger partial charge in [0.05, 0.1) is 18.4 Å². The second kappa shape index (κ2) is 4.89. The van der Waals surface area contributed by atoms with Crippen LogP contribution in [0.15, 0.2) is 33.4 Å². The molecule has 0 radical (unpaired) electrons. The molecule has 0 unspecified atom stereocenters. The van der Waals surface area contributed by atoms with Crippen LogP contribution in [0.2, 0.25) is 5.22 Å². The van der Waals surface area contributed by atoms with Crippen molar-refractivity contribution in [3.05, 3.63) is 45.5 Å². The lowest BCUT2D eigenvalue weighted by Gasteiger charge is -2.05. The van der Waals surface area contributed by atoms with E-state index in [1.54, 1.807) is 12.3 Å². The molecule has 1 N–H and O–H groups in total. The zero-order chi connectivity index (χ0) is 11.5. The van der Waals surface area contributed by atoms with Gasteiger partial charge in [-0.05, 0) is 58.2 Å². The average molecular weight is 302 g/mol. The molecule has 0 saturated carbocycles. The highest BCUT2D eigenvalue weighted by Crippen LogP contribution is 2.18. The Morgan fingerprint density at radius 3 is 2.94 bits per heavy atom. The van der Waals surface area contributed by atoms with Gasteiger partial charge in [0.25, 0.3) is 0 Å². The smallest absolute Gasteiger partial charge is 0.193 e. The molecule has 5 heteroatoms. The minimum atomic E-state index is 0.405. The van der Waals surface area contributed by atoms with E-state index in [1.807, 2.05) is 19.1 Å². The second-order valence-electron chi connectivity index (χ2n) is 3.39. The first-order valence-electron chi connectivity index (χ1n) is 4.75. The number of aryl methyl sites for hydroxylation is 1. The van der Waals surface area contributed by atoms with E-state index in [-0.39, 0.29) is 0 Å². The van der Waals surface area contributed by atoms with E-state index >= 15 is 0 Å². The van der Waals surface area contributed by atoms with Gasteiger partial charge in [0, 0.05) is 0 Å². The third-order valence-corrected chi connectivity index (χ3v) is 3.14. The summed E-state index contributed by atoms with van der Waals surface area (Å²) in [4.78, 5) is 4.19. The maximum absolute atomic E-state index is 5.68. The van der Waals surface area contributed by atoms with Crippen molar-refractivity contribution in [1.82, 2.24) is 4.98 Å². The Balaban J connectivity index is 2.02. The zero-order valence-corrected chi connectivity index (χ0v) is 11.0. The summed E-state index contributed by atoms with van der Waals surface area (Å²) in [7, 11) is 0. The largest absolute Gasteiger partial charge is 0.448 e. The Kier molecular flexibility index (Phi) is 3.51. The number of hydrogen-bond acceptors (Lipinski definition) is 3. The van der Waals surface area contributed by atoms with E-state index in [2.05, 4.69) is 26.2 Å². The van der Waals surface area contributed by atoms with Gasteiger partial charge < -0.3 is 9.73 Å². The predicted molar refractivity (Wildman–Crippen MR) is 67.7 cm³/mol. The lowest BCUT2D eigenvalue weighted by atomic mass is 10.3. The highest BCUT2D eigenvalue weighted by atomic mass is 79.9. The summed E-state index contributed by atoms with van der Waals surface area (Å²) in [5.41, 5.74) is 2.04. The van der Waals surface area contributed by atoms with Gasteiger partial charge in [0.1, 0.15) is 10.4 Å². The second-order valence-corrected chi connectivity index (χ2v) is 4.51. The molecule has 0 atom stereocenters. The Morgan fingerprint density at radius 1 is 1.50 bits per heavy atom. The molecular formula is C11H10BrClN2O. The number of rotatable bonds is 3. The van der Waals surface area contributed by atoms with Crippen LogP contribution >= 0.6 is 27.5 Å². The summed E-state index contributed by atoms with van der Waals surface area (Å²) in [6.45, 7) is 2.58. The third-order valence-electron chi connectivity index (χ3n) is 2.11. The Bertz CT molecular complexity index is 498. The molecule has 0 spiro atoms. The van der Waals surface area contributed by atoms with E-state index in [1.165, 1.54) is 0 Å². The maximum Gasteiger partial charge on any atom is 0.193 e. The van der Waals surface area contributed by atoms with Gasteiger partial charge >= 0.3 is 0 Å². The number of hydrogen-bond donors (Lipinski definition) is 1. The fourth-order valence-corrected chi connectivity index (χ4v) is 1.67. The lowest BCUT2D eigenvalue weighted by Crippen LogP contribution is -1.99. The molecule has 0 aliphatic rings. The highest BCUT2D eigenvalue weighted by Gasteiger charge is 2.01. The molecule has 0 bridgehead atoms. The molecule has 2 heterocycles. The van der Waals surface area contributed by atoms with Crippen molar-refractivity contribution >= 4 is 33.2 Å². The van der Waals surface area contributed by atoms with Gasteiger partial charge in [0.2, 0.25) is 0 Å². The molecule has 2 aromatic rings. The van der Waals surface area contributed by atoms with Gasteiger partial charge in [-0.3, -0.25) is 0 Å². The van der Waals surface area contributed by atoms with Crippen molar-refractivity contribution < 1.29 is 4.42 Å². The van der Waals surface area contributed by atoms with Crippen molar-refractivity contribution in [2.75, 3.05) is 5.32 Å². The van der Waals surface area contributed by atoms with Gasteiger partial charge in [-0.25, -0.2) is 4.98 Å². The third kappa shape index (κ3) is 2.77. The van der Waals surface area contributed by atoms with Crippen molar-refractivity contribution in [2.45, 2.75) is 13.5 Å². The van der Waals surface area contributed by atoms with Crippen molar-refractivity contribution in [3.63, 3.8) is 0 Å². The summed E-state index contributed by atoms with van der Waals surface area (Å²) in [5.74, 6) is 0.797. The number of nitrogens with one attached hydrogen (secondary N) is 1. The maximum atomic E-state index is 5.68. The van der Waals surface area contributed by atoms with Crippen LogP contribution in [0.25, 0.3) is 0 Å². The van der Waals surface area contributed by atoms with E-state index in [0.29, 0.717) is 11.8 Å². The van der Waals surface area contributed by atoms with Crippen molar-refractivity contribution in [2.24, 2.45) is 0 Å². The molecule has 16 heavy (non-hydrogen) atoms. The minimum absolute atomic E-state index is 0.405. The SMILES string of the molecule is Cc1cc(NCc2ccc(Cl)o2)cnc1Br. The Labute approximate surface area is 107 Å². The molecule has 2 rings (SSSR count). The molecule has 0 aliphatic heterocycles. The van der Waals surface area contributed by atoms with Crippen molar-refractivity contribution in [1.29, 1.82) is 0 Å². The number of nitrogens with zero attached hydrogens (tertiary/aromatic N) is 1. The number of furan rings is 1. The van der Waals surface area contributed by atoms with E-state index < -0.39 is 0 Å². The quantitative estimate of drug-likeness (QED) is 0.870. The van der Waals surface area contributed by atoms with Gasteiger partial charge in [-0.2, -0.15) is 0 Å². The van der Waals surface area contributed by atoms with Crippen LogP contribution in [0.4, 0.5) is 5.69 Å².